The minimum atomic E-state index is -0.310. The van der Waals surface area contributed by atoms with Crippen molar-refractivity contribution in [1.82, 2.24) is 10.6 Å². The van der Waals surface area contributed by atoms with Crippen molar-refractivity contribution in [2.45, 2.75) is 50.6 Å². The summed E-state index contributed by atoms with van der Waals surface area (Å²) in [6, 6.07) is -0.0715. The third kappa shape index (κ3) is 2.23. The molecule has 1 aliphatic heterocycles. The van der Waals surface area contributed by atoms with Gasteiger partial charge in [-0.2, -0.15) is 0 Å². The third-order valence-electron chi connectivity index (χ3n) is 4.05. The third-order valence-corrected chi connectivity index (χ3v) is 4.05. The first kappa shape index (κ1) is 11.9. The van der Waals surface area contributed by atoms with E-state index in [2.05, 4.69) is 17.6 Å². The molecule has 0 aromatic heterocycles. The van der Waals surface area contributed by atoms with Gasteiger partial charge in [0, 0.05) is 0 Å². The lowest BCUT2D eigenvalue weighted by Crippen LogP contribution is -2.61. The Morgan fingerprint density at radius 1 is 1.50 bits per heavy atom. The van der Waals surface area contributed by atoms with E-state index >= 15 is 0 Å². The molecule has 16 heavy (non-hydrogen) atoms. The SMILES string of the molecule is CC1CCCNC1C(=O)NC1(CO)CCC1. The molecule has 1 saturated heterocycles. The van der Waals surface area contributed by atoms with E-state index in [4.69, 9.17) is 0 Å². The van der Waals surface area contributed by atoms with Crippen LogP contribution in [-0.2, 0) is 4.79 Å². The summed E-state index contributed by atoms with van der Waals surface area (Å²) >= 11 is 0. The van der Waals surface area contributed by atoms with Crippen LogP contribution in [0.25, 0.3) is 0 Å². The van der Waals surface area contributed by atoms with Crippen LogP contribution >= 0.6 is 0 Å². The molecule has 0 spiro atoms. The maximum atomic E-state index is 12.1. The second kappa shape index (κ2) is 4.72. The first-order valence-electron chi connectivity index (χ1n) is 6.33. The largest absolute Gasteiger partial charge is 0.394 e. The summed E-state index contributed by atoms with van der Waals surface area (Å²) in [5.41, 5.74) is -0.310. The van der Waals surface area contributed by atoms with Crippen LogP contribution in [0.2, 0.25) is 0 Å². The minimum absolute atomic E-state index is 0.0693. The summed E-state index contributed by atoms with van der Waals surface area (Å²) in [7, 11) is 0. The highest BCUT2D eigenvalue weighted by molar-refractivity contribution is 5.83. The molecule has 4 nitrogen and oxygen atoms in total. The zero-order chi connectivity index (χ0) is 11.6. The molecule has 2 aliphatic rings. The fraction of sp³-hybridized carbons (Fsp3) is 0.917. The van der Waals surface area contributed by atoms with Crippen LogP contribution < -0.4 is 10.6 Å². The number of aliphatic hydroxyl groups excluding tert-OH is 1. The van der Waals surface area contributed by atoms with Crippen LogP contribution in [0.15, 0.2) is 0 Å². The van der Waals surface area contributed by atoms with Gasteiger partial charge < -0.3 is 15.7 Å². The average molecular weight is 226 g/mol. The van der Waals surface area contributed by atoms with Crippen LogP contribution in [0.5, 0.6) is 0 Å². The van der Waals surface area contributed by atoms with Gasteiger partial charge in [0.1, 0.15) is 0 Å². The molecule has 2 unspecified atom stereocenters. The number of rotatable bonds is 3. The standard InChI is InChI=1S/C12H22N2O2/c1-9-4-2-7-13-10(9)11(16)14-12(8-15)5-3-6-12/h9-10,13,15H,2-8H2,1H3,(H,14,16). The van der Waals surface area contributed by atoms with Gasteiger partial charge in [-0.15, -0.1) is 0 Å². The number of carbonyl (C=O) groups excluding carboxylic acids is 1. The first-order chi connectivity index (χ1) is 7.67. The Morgan fingerprint density at radius 3 is 2.75 bits per heavy atom. The second-order valence-corrected chi connectivity index (χ2v) is 5.33. The lowest BCUT2D eigenvalue weighted by Gasteiger charge is -2.42. The van der Waals surface area contributed by atoms with E-state index in [1.165, 1.54) is 0 Å². The van der Waals surface area contributed by atoms with Crippen molar-refractivity contribution in [1.29, 1.82) is 0 Å². The van der Waals surface area contributed by atoms with Gasteiger partial charge in [-0.25, -0.2) is 0 Å². The Hall–Kier alpha value is -0.610. The maximum Gasteiger partial charge on any atom is 0.237 e. The molecule has 0 aromatic rings. The molecule has 4 heteroatoms. The van der Waals surface area contributed by atoms with E-state index in [1.54, 1.807) is 0 Å². The van der Waals surface area contributed by atoms with E-state index in [1.807, 2.05) is 0 Å². The molecule has 0 aromatic carbocycles. The van der Waals surface area contributed by atoms with Crippen LogP contribution in [0, 0.1) is 5.92 Å². The summed E-state index contributed by atoms with van der Waals surface area (Å²) in [5, 5.41) is 15.6. The van der Waals surface area contributed by atoms with Crippen LogP contribution in [0.4, 0.5) is 0 Å². The normalized spacial score (nSPS) is 32.9. The molecule has 92 valence electrons. The average Bonchev–Trinajstić information content (AvgIpc) is 2.24. The zero-order valence-corrected chi connectivity index (χ0v) is 9.96. The van der Waals surface area contributed by atoms with Crippen molar-refractivity contribution < 1.29 is 9.90 Å². The van der Waals surface area contributed by atoms with Gasteiger partial charge in [0.15, 0.2) is 0 Å². The van der Waals surface area contributed by atoms with Crippen LogP contribution in [0.3, 0.4) is 0 Å². The molecule has 1 aliphatic carbocycles. The van der Waals surface area contributed by atoms with Crippen molar-refractivity contribution >= 4 is 5.91 Å². The molecular formula is C12H22N2O2. The predicted octanol–water partition coefficient (Wildman–Crippen LogP) is 0.406. The lowest BCUT2D eigenvalue weighted by atomic mass is 9.77. The highest BCUT2D eigenvalue weighted by Gasteiger charge is 2.40. The Kier molecular flexibility index (Phi) is 3.50. The summed E-state index contributed by atoms with van der Waals surface area (Å²) in [6.07, 6.45) is 5.19. The highest BCUT2D eigenvalue weighted by Crippen LogP contribution is 2.31. The number of nitrogens with one attached hydrogen (secondary N) is 2. The first-order valence-corrected chi connectivity index (χ1v) is 6.33. The minimum Gasteiger partial charge on any atom is -0.394 e. The number of aliphatic hydroxyl groups is 1. The van der Waals surface area contributed by atoms with E-state index < -0.39 is 0 Å². The lowest BCUT2D eigenvalue weighted by molar-refractivity contribution is -0.128. The molecule has 2 fully saturated rings. The molecule has 2 rings (SSSR count). The number of amides is 1. The monoisotopic (exact) mass is 226 g/mol. The summed E-state index contributed by atoms with van der Waals surface area (Å²) in [5.74, 6) is 0.463. The highest BCUT2D eigenvalue weighted by atomic mass is 16.3. The number of carbonyl (C=O) groups is 1. The molecule has 3 N–H and O–H groups in total. The maximum absolute atomic E-state index is 12.1. The molecule has 0 bridgehead atoms. The molecular weight excluding hydrogens is 204 g/mol. The Bertz CT molecular complexity index is 258. The van der Waals surface area contributed by atoms with Crippen LogP contribution in [-0.4, -0.2) is 35.7 Å². The summed E-state index contributed by atoms with van der Waals surface area (Å²) in [4.78, 5) is 12.1. The second-order valence-electron chi connectivity index (χ2n) is 5.33. The fourth-order valence-corrected chi connectivity index (χ4v) is 2.67. The van der Waals surface area contributed by atoms with Gasteiger partial charge in [-0.3, -0.25) is 4.79 Å². The molecule has 1 heterocycles. The van der Waals surface area contributed by atoms with E-state index in [9.17, 15) is 9.90 Å². The number of hydrogen-bond acceptors (Lipinski definition) is 3. The topological polar surface area (TPSA) is 61.4 Å². The van der Waals surface area contributed by atoms with Gasteiger partial charge in [0.25, 0.3) is 0 Å². The molecule has 1 saturated carbocycles. The van der Waals surface area contributed by atoms with E-state index in [-0.39, 0.29) is 24.1 Å². The van der Waals surface area contributed by atoms with Gasteiger partial charge in [-0.05, 0) is 44.6 Å². The van der Waals surface area contributed by atoms with Crippen molar-refractivity contribution in [2.75, 3.05) is 13.2 Å². The van der Waals surface area contributed by atoms with Crippen molar-refractivity contribution in [2.24, 2.45) is 5.92 Å². The van der Waals surface area contributed by atoms with Crippen LogP contribution in [0.1, 0.15) is 39.0 Å². The predicted molar refractivity (Wildman–Crippen MR) is 62.0 cm³/mol. The quantitative estimate of drug-likeness (QED) is 0.653. The van der Waals surface area contributed by atoms with Crippen molar-refractivity contribution in [3.05, 3.63) is 0 Å². The van der Waals surface area contributed by atoms with Gasteiger partial charge in [-0.1, -0.05) is 6.92 Å². The number of piperidine rings is 1. The van der Waals surface area contributed by atoms with Gasteiger partial charge in [0.05, 0.1) is 18.2 Å². The fourth-order valence-electron chi connectivity index (χ4n) is 2.67. The van der Waals surface area contributed by atoms with Crippen molar-refractivity contribution in [3.63, 3.8) is 0 Å². The Balaban J connectivity index is 1.91. The summed E-state index contributed by atoms with van der Waals surface area (Å²) in [6.45, 7) is 3.11. The zero-order valence-electron chi connectivity index (χ0n) is 9.96. The number of hydrogen-bond donors (Lipinski definition) is 3. The molecule has 0 radical (unpaired) electrons. The summed E-state index contributed by atoms with van der Waals surface area (Å²) < 4.78 is 0. The van der Waals surface area contributed by atoms with Gasteiger partial charge >= 0.3 is 0 Å². The Labute approximate surface area is 96.8 Å². The van der Waals surface area contributed by atoms with E-state index in [0.29, 0.717) is 5.92 Å². The molecule has 2 atom stereocenters. The van der Waals surface area contributed by atoms with E-state index in [0.717, 1.165) is 38.6 Å². The molecule has 1 amide bonds. The van der Waals surface area contributed by atoms with Gasteiger partial charge in [0.2, 0.25) is 5.91 Å². The Morgan fingerprint density at radius 2 is 2.25 bits per heavy atom. The smallest absolute Gasteiger partial charge is 0.237 e. The van der Waals surface area contributed by atoms with Crippen molar-refractivity contribution in [3.8, 4) is 0 Å².